The van der Waals surface area contributed by atoms with E-state index in [1.54, 1.807) is 16.7 Å². The first-order valence-corrected chi connectivity index (χ1v) is 8.39. The normalized spacial score (nSPS) is 12.7. The van der Waals surface area contributed by atoms with E-state index in [4.69, 9.17) is 11.6 Å². The number of aryl methyl sites for hydroxylation is 1. The van der Waals surface area contributed by atoms with Gasteiger partial charge in [0.15, 0.2) is 0 Å². The van der Waals surface area contributed by atoms with E-state index in [9.17, 15) is 4.79 Å². The minimum absolute atomic E-state index is 0.106. The third kappa shape index (κ3) is 4.25. The number of nitrogens with one attached hydrogen (secondary N) is 1. The number of carbonyl (C=O) groups is 1. The van der Waals surface area contributed by atoms with Crippen LogP contribution in [0.4, 0.5) is 0 Å². The molecule has 0 unspecified atom stereocenters. The molecule has 0 radical (unpaired) electrons. The highest BCUT2D eigenvalue weighted by Gasteiger charge is 2.29. The second kappa shape index (κ2) is 6.16. The van der Waals surface area contributed by atoms with Crippen LogP contribution in [0.5, 0.6) is 0 Å². The third-order valence-electron chi connectivity index (χ3n) is 3.63. The quantitative estimate of drug-likeness (QED) is 0.894. The zero-order chi connectivity index (χ0) is 17.4. The molecule has 126 valence electrons. The summed E-state index contributed by atoms with van der Waals surface area (Å²) in [5, 5.41) is 3.74. The molecule has 0 fully saturated rings. The average molecular weight is 336 g/mol. The summed E-state index contributed by atoms with van der Waals surface area (Å²) in [5.41, 5.74) is 1.93. The number of imidazole rings is 1. The van der Waals surface area contributed by atoms with Crippen molar-refractivity contribution in [1.82, 2.24) is 14.7 Å². The molecule has 0 saturated heterocycles. The maximum Gasteiger partial charge on any atom is 0.270 e. The molecule has 0 aliphatic rings. The Kier molecular flexibility index (Phi) is 4.76. The fraction of sp³-hybridized carbons (Fsp3) is 0.556. The monoisotopic (exact) mass is 335 g/mol. The highest BCUT2D eigenvalue weighted by atomic mass is 35.5. The van der Waals surface area contributed by atoms with Crippen molar-refractivity contribution in [2.24, 2.45) is 5.41 Å². The second-order valence-corrected chi connectivity index (χ2v) is 8.35. The number of carbonyl (C=O) groups excluding carboxylic acids is 1. The van der Waals surface area contributed by atoms with Crippen LogP contribution in [0.15, 0.2) is 18.3 Å². The predicted octanol–water partition coefficient (Wildman–Crippen LogP) is 4.49. The Morgan fingerprint density at radius 2 is 1.91 bits per heavy atom. The van der Waals surface area contributed by atoms with E-state index in [1.807, 2.05) is 13.0 Å². The van der Waals surface area contributed by atoms with Gasteiger partial charge >= 0.3 is 0 Å². The lowest BCUT2D eigenvalue weighted by Gasteiger charge is -2.33. The van der Waals surface area contributed by atoms with Crippen LogP contribution in [0.3, 0.4) is 0 Å². The molecule has 2 rings (SSSR count). The molecule has 0 bridgehead atoms. The van der Waals surface area contributed by atoms with E-state index in [2.05, 4.69) is 44.9 Å². The average Bonchev–Trinajstić information content (AvgIpc) is 2.72. The molecule has 0 aliphatic heterocycles. The number of amides is 1. The Morgan fingerprint density at radius 3 is 2.48 bits per heavy atom. The smallest absolute Gasteiger partial charge is 0.270 e. The largest absolute Gasteiger partial charge is 0.346 e. The van der Waals surface area contributed by atoms with Gasteiger partial charge in [0.1, 0.15) is 11.3 Å². The van der Waals surface area contributed by atoms with E-state index in [-0.39, 0.29) is 16.9 Å². The second-order valence-electron chi connectivity index (χ2n) is 7.91. The van der Waals surface area contributed by atoms with Crippen molar-refractivity contribution in [3.05, 3.63) is 34.7 Å². The summed E-state index contributed by atoms with van der Waals surface area (Å²) in [4.78, 5) is 17.4. The minimum atomic E-state index is -0.303. The van der Waals surface area contributed by atoms with Crippen molar-refractivity contribution < 1.29 is 4.79 Å². The predicted molar refractivity (Wildman–Crippen MR) is 95.2 cm³/mol. The maximum atomic E-state index is 12.9. The van der Waals surface area contributed by atoms with E-state index in [0.717, 1.165) is 17.8 Å². The molecule has 2 aromatic rings. The first-order valence-electron chi connectivity index (χ1n) is 8.01. The summed E-state index contributed by atoms with van der Waals surface area (Å²) < 4.78 is 1.78. The van der Waals surface area contributed by atoms with Crippen LogP contribution in [0.1, 0.15) is 64.1 Å². The SMILES string of the molecule is CCc1nc2ccc(Cl)cn2c1C(=O)NC(C)(C)CC(C)(C)C. The van der Waals surface area contributed by atoms with E-state index in [1.165, 1.54) is 0 Å². The number of rotatable bonds is 4. The van der Waals surface area contributed by atoms with Crippen molar-refractivity contribution in [2.45, 2.75) is 59.9 Å². The standard InChI is InChI=1S/C18H26ClN3O/c1-7-13-15(22-10-12(19)8-9-14(22)20-13)16(23)21-18(5,6)11-17(2,3)4/h8-10H,7,11H2,1-6H3,(H,21,23). The van der Waals surface area contributed by atoms with Crippen LogP contribution in [0, 0.1) is 5.41 Å². The number of nitrogens with zero attached hydrogens (tertiary/aromatic N) is 2. The number of hydrogen-bond donors (Lipinski definition) is 1. The molecule has 2 aromatic heterocycles. The topological polar surface area (TPSA) is 46.4 Å². The fourth-order valence-electron chi connectivity index (χ4n) is 3.29. The summed E-state index contributed by atoms with van der Waals surface area (Å²) in [6, 6.07) is 3.62. The highest BCUT2D eigenvalue weighted by Crippen LogP contribution is 2.27. The van der Waals surface area contributed by atoms with Crippen molar-refractivity contribution in [1.29, 1.82) is 0 Å². The Morgan fingerprint density at radius 1 is 1.26 bits per heavy atom. The Labute approximate surface area is 143 Å². The molecule has 1 N–H and O–H groups in total. The van der Waals surface area contributed by atoms with Gasteiger partial charge in [0.2, 0.25) is 0 Å². The van der Waals surface area contributed by atoms with E-state index < -0.39 is 0 Å². The molecule has 0 aliphatic carbocycles. The first kappa shape index (κ1) is 17.8. The Balaban J connectivity index is 2.39. The molecule has 4 nitrogen and oxygen atoms in total. The van der Waals surface area contributed by atoms with Crippen molar-refractivity contribution in [2.75, 3.05) is 0 Å². The van der Waals surface area contributed by atoms with Crippen molar-refractivity contribution in [3.8, 4) is 0 Å². The summed E-state index contributed by atoms with van der Waals surface area (Å²) in [5.74, 6) is -0.106. The lowest BCUT2D eigenvalue weighted by atomic mass is 9.82. The molecular formula is C18H26ClN3O. The van der Waals surface area contributed by atoms with Crippen LogP contribution < -0.4 is 5.32 Å². The van der Waals surface area contributed by atoms with Crippen LogP contribution >= 0.6 is 11.6 Å². The van der Waals surface area contributed by atoms with Crippen LogP contribution in [0.2, 0.25) is 5.02 Å². The lowest BCUT2D eigenvalue weighted by Crippen LogP contribution is -2.46. The number of hydrogen-bond acceptors (Lipinski definition) is 2. The molecular weight excluding hydrogens is 310 g/mol. The molecule has 0 saturated carbocycles. The maximum absolute atomic E-state index is 12.9. The summed E-state index contributed by atoms with van der Waals surface area (Å²) >= 11 is 6.09. The minimum Gasteiger partial charge on any atom is -0.346 e. The number of aromatic nitrogens is 2. The van der Waals surface area contributed by atoms with E-state index in [0.29, 0.717) is 17.1 Å². The zero-order valence-electron chi connectivity index (χ0n) is 14.8. The number of pyridine rings is 1. The van der Waals surface area contributed by atoms with Gasteiger partial charge in [-0.3, -0.25) is 9.20 Å². The van der Waals surface area contributed by atoms with Crippen LogP contribution in [-0.2, 0) is 6.42 Å². The first-order chi connectivity index (χ1) is 10.5. The Bertz CT molecular complexity index is 726. The summed E-state index contributed by atoms with van der Waals surface area (Å²) in [7, 11) is 0. The van der Waals surface area contributed by atoms with E-state index >= 15 is 0 Å². The van der Waals surface area contributed by atoms with Gasteiger partial charge in [0.05, 0.1) is 10.7 Å². The fourth-order valence-corrected chi connectivity index (χ4v) is 3.45. The van der Waals surface area contributed by atoms with Gasteiger partial charge in [-0.15, -0.1) is 0 Å². The molecule has 0 spiro atoms. The van der Waals surface area contributed by atoms with Gasteiger partial charge in [0.25, 0.3) is 5.91 Å². The van der Waals surface area contributed by atoms with Gasteiger partial charge in [-0.05, 0) is 44.2 Å². The lowest BCUT2D eigenvalue weighted by molar-refractivity contribution is 0.0884. The van der Waals surface area contributed by atoms with Gasteiger partial charge < -0.3 is 5.32 Å². The summed E-state index contributed by atoms with van der Waals surface area (Å²) in [6.07, 6.45) is 3.32. The van der Waals surface area contributed by atoms with Gasteiger partial charge in [-0.25, -0.2) is 4.98 Å². The van der Waals surface area contributed by atoms with Gasteiger partial charge in [0, 0.05) is 11.7 Å². The number of fused-ring (bicyclic) bond motifs is 1. The Hall–Kier alpha value is -1.55. The third-order valence-corrected chi connectivity index (χ3v) is 3.85. The van der Waals surface area contributed by atoms with Crippen molar-refractivity contribution in [3.63, 3.8) is 0 Å². The molecule has 1 amide bonds. The van der Waals surface area contributed by atoms with Crippen molar-refractivity contribution >= 4 is 23.2 Å². The number of halogens is 1. The molecule has 23 heavy (non-hydrogen) atoms. The van der Waals surface area contributed by atoms with Crippen LogP contribution in [0.25, 0.3) is 5.65 Å². The van der Waals surface area contributed by atoms with Gasteiger partial charge in [-0.2, -0.15) is 0 Å². The molecule has 0 aromatic carbocycles. The molecule has 5 heteroatoms. The van der Waals surface area contributed by atoms with Crippen LogP contribution in [-0.4, -0.2) is 20.8 Å². The zero-order valence-corrected chi connectivity index (χ0v) is 15.6. The highest BCUT2D eigenvalue weighted by molar-refractivity contribution is 6.30. The van der Waals surface area contributed by atoms with Gasteiger partial charge in [-0.1, -0.05) is 39.3 Å². The molecule has 0 atom stereocenters. The molecule has 2 heterocycles. The summed E-state index contributed by atoms with van der Waals surface area (Å²) in [6.45, 7) is 12.6.